The molecule has 1 atom stereocenters. The van der Waals surface area contributed by atoms with Crippen molar-refractivity contribution < 1.29 is 8.42 Å². The molecule has 0 bridgehead atoms. The van der Waals surface area contributed by atoms with Crippen molar-refractivity contribution in [1.82, 2.24) is 15.4 Å². The van der Waals surface area contributed by atoms with Crippen LogP contribution in [0.25, 0.3) is 0 Å². The summed E-state index contributed by atoms with van der Waals surface area (Å²) in [5.41, 5.74) is 1.20. The number of guanidine groups is 1. The molecule has 0 amide bonds. The van der Waals surface area contributed by atoms with Crippen LogP contribution >= 0.6 is 15.9 Å². The van der Waals surface area contributed by atoms with Gasteiger partial charge in [-0.3, -0.25) is 4.99 Å². The van der Waals surface area contributed by atoms with Gasteiger partial charge in [-0.05, 0) is 48.3 Å². The minimum Gasteiger partial charge on any atom is -0.368 e. The number of sulfonamides is 1. The van der Waals surface area contributed by atoms with E-state index in [1.807, 2.05) is 19.1 Å². The normalized spacial score (nSPS) is 18.2. The first-order chi connectivity index (χ1) is 12.4. The number of nitrogens with one attached hydrogen (secondary N) is 3. The van der Waals surface area contributed by atoms with Crippen molar-refractivity contribution in [1.29, 1.82) is 0 Å². The van der Waals surface area contributed by atoms with Gasteiger partial charge in [0, 0.05) is 36.7 Å². The fourth-order valence-electron chi connectivity index (χ4n) is 2.79. The third kappa shape index (κ3) is 6.44. The molecule has 0 radical (unpaired) electrons. The summed E-state index contributed by atoms with van der Waals surface area (Å²) in [6.07, 6.45) is 1.02. The summed E-state index contributed by atoms with van der Waals surface area (Å²) in [6, 6.07) is 8.53. The highest BCUT2D eigenvalue weighted by atomic mass is 79.9. The Hall–Kier alpha value is -1.32. The smallest absolute Gasteiger partial charge is 0.211 e. The van der Waals surface area contributed by atoms with Gasteiger partial charge in [-0.25, -0.2) is 13.1 Å². The Bertz CT molecular complexity index is 711. The lowest BCUT2D eigenvalue weighted by Crippen LogP contribution is -2.45. The van der Waals surface area contributed by atoms with Crippen molar-refractivity contribution >= 4 is 37.6 Å². The zero-order valence-corrected chi connectivity index (χ0v) is 17.7. The summed E-state index contributed by atoms with van der Waals surface area (Å²) in [7, 11) is -3.17. The molecular formula is C17H28BrN5O2S. The van der Waals surface area contributed by atoms with E-state index in [1.54, 1.807) is 6.92 Å². The lowest BCUT2D eigenvalue weighted by atomic mass is 10.3. The molecule has 2 rings (SSSR count). The number of rotatable bonds is 8. The standard InChI is InChI=1S/C17H28BrN5O2S/c1-3-19-17(20-10-11-21-26(24,25)4-2)22-14-9-12-23(13-14)16-8-6-5-7-15(16)18/h5-8,14,21H,3-4,9-13H2,1-2H3,(H2,19,20,22). The molecule has 7 nitrogen and oxygen atoms in total. The maximum absolute atomic E-state index is 11.4. The molecule has 0 spiro atoms. The van der Waals surface area contributed by atoms with Crippen LogP contribution in [0.1, 0.15) is 20.3 Å². The number of aliphatic imine (C=N–C) groups is 1. The van der Waals surface area contributed by atoms with Gasteiger partial charge in [0.05, 0.1) is 18.0 Å². The molecule has 1 unspecified atom stereocenters. The van der Waals surface area contributed by atoms with Crippen LogP contribution < -0.4 is 20.3 Å². The molecule has 1 fully saturated rings. The molecule has 0 aromatic heterocycles. The van der Waals surface area contributed by atoms with E-state index in [0.717, 1.165) is 36.5 Å². The van der Waals surface area contributed by atoms with Crippen molar-refractivity contribution in [2.45, 2.75) is 26.3 Å². The second-order valence-corrected chi connectivity index (χ2v) is 9.04. The number of nitrogens with zero attached hydrogens (tertiary/aromatic N) is 2. The average Bonchev–Trinajstić information content (AvgIpc) is 3.07. The minimum atomic E-state index is -3.17. The third-order valence-electron chi connectivity index (χ3n) is 4.15. The van der Waals surface area contributed by atoms with Gasteiger partial charge in [0.2, 0.25) is 10.0 Å². The number of hydrogen-bond acceptors (Lipinski definition) is 4. The molecule has 9 heteroatoms. The van der Waals surface area contributed by atoms with Crippen LogP contribution in [0.4, 0.5) is 5.69 Å². The van der Waals surface area contributed by atoms with Gasteiger partial charge in [0.25, 0.3) is 0 Å². The van der Waals surface area contributed by atoms with E-state index in [9.17, 15) is 8.42 Å². The molecular weight excluding hydrogens is 418 g/mol. The molecule has 26 heavy (non-hydrogen) atoms. The van der Waals surface area contributed by atoms with Crippen LogP contribution in [0.15, 0.2) is 33.7 Å². The summed E-state index contributed by atoms with van der Waals surface area (Å²) in [4.78, 5) is 6.82. The van der Waals surface area contributed by atoms with Crippen molar-refractivity contribution in [2.24, 2.45) is 4.99 Å². The van der Waals surface area contributed by atoms with Crippen LogP contribution in [-0.4, -0.2) is 58.9 Å². The largest absolute Gasteiger partial charge is 0.368 e. The molecule has 3 N–H and O–H groups in total. The lowest BCUT2D eigenvalue weighted by molar-refractivity contribution is 0.583. The maximum Gasteiger partial charge on any atom is 0.211 e. The number of halogens is 1. The minimum absolute atomic E-state index is 0.0853. The summed E-state index contributed by atoms with van der Waals surface area (Å²) in [5.74, 6) is 0.810. The van der Waals surface area contributed by atoms with Crippen LogP contribution in [0.5, 0.6) is 0 Å². The van der Waals surface area contributed by atoms with Crippen molar-refractivity contribution in [3.63, 3.8) is 0 Å². The molecule has 1 heterocycles. The van der Waals surface area contributed by atoms with E-state index in [4.69, 9.17) is 0 Å². The summed E-state index contributed by atoms with van der Waals surface area (Å²) < 4.78 is 26.5. The molecule has 1 aromatic carbocycles. The lowest BCUT2D eigenvalue weighted by Gasteiger charge is -2.21. The van der Waals surface area contributed by atoms with Crippen LogP contribution in [0.2, 0.25) is 0 Å². The molecule has 1 aromatic rings. The van der Waals surface area contributed by atoms with E-state index >= 15 is 0 Å². The molecule has 1 aliphatic rings. The number of para-hydroxylation sites is 1. The Labute approximate surface area is 164 Å². The Kier molecular flexibility index (Phi) is 8.17. The van der Waals surface area contributed by atoms with Crippen LogP contribution in [0, 0.1) is 0 Å². The Morgan fingerprint density at radius 3 is 2.81 bits per heavy atom. The van der Waals surface area contributed by atoms with Crippen LogP contribution in [-0.2, 0) is 10.0 Å². The molecule has 0 saturated carbocycles. The number of anilines is 1. The van der Waals surface area contributed by atoms with E-state index in [1.165, 1.54) is 5.69 Å². The van der Waals surface area contributed by atoms with Gasteiger partial charge >= 0.3 is 0 Å². The molecule has 1 aliphatic heterocycles. The van der Waals surface area contributed by atoms with Gasteiger partial charge in [-0.1, -0.05) is 12.1 Å². The predicted octanol–water partition coefficient (Wildman–Crippen LogP) is 1.52. The van der Waals surface area contributed by atoms with E-state index in [2.05, 4.69) is 53.3 Å². The van der Waals surface area contributed by atoms with Crippen molar-refractivity contribution in [3.05, 3.63) is 28.7 Å². The number of benzene rings is 1. The maximum atomic E-state index is 11.4. The summed E-state index contributed by atoms with van der Waals surface area (Å²) >= 11 is 3.61. The predicted molar refractivity (Wildman–Crippen MR) is 111 cm³/mol. The Morgan fingerprint density at radius 1 is 1.35 bits per heavy atom. The zero-order chi connectivity index (χ0) is 19.0. The van der Waals surface area contributed by atoms with E-state index < -0.39 is 10.0 Å². The van der Waals surface area contributed by atoms with Gasteiger partial charge in [0.1, 0.15) is 0 Å². The monoisotopic (exact) mass is 445 g/mol. The second-order valence-electron chi connectivity index (χ2n) is 6.09. The first-order valence-electron chi connectivity index (χ1n) is 8.96. The average molecular weight is 446 g/mol. The highest BCUT2D eigenvalue weighted by Gasteiger charge is 2.24. The van der Waals surface area contributed by atoms with E-state index in [-0.39, 0.29) is 5.75 Å². The first kappa shape index (κ1) is 21.0. The quantitative estimate of drug-likeness (QED) is 0.320. The highest BCUT2D eigenvalue weighted by Crippen LogP contribution is 2.28. The van der Waals surface area contributed by atoms with Gasteiger partial charge in [0.15, 0.2) is 5.96 Å². The SMILES string of the molecule is CCNC(=NCCNS(=O)(=O)CC)NC1CCN(c2ccccc2Br)C1. The van der Waals surface area contributed by atoms with Gasteiger partial charge < -0.3 is 15.5 Å². The second kappa shape index (κ2) is 10.1. The summed E-state index contributed by atoms with van der Waals surface area (Å²) in [5, 5.41) is 6.67. The van der Waals surface area contributed by atoms with Gasteiger partial charge in [-0.2, -0.15) is 0 Å². The Morgan fingerprint density at radius 2 is 2.12 bits per heavy atom. The Balaban J connectivity index is 1.87. The van der Waals surface area contributed by atoms with Crippen LogP contribution in [0.3, 0.4) is 0 Å². The fourth-order valence-corrected chi connectivity index (χ4v) is 3.93. The van der Waals surface area contributed by atoms with E-state index in [0.29, 0.717) is 19.1 Å². The third-order valence-corrected chi connectivity index (χ3v) is 6.22. The van der Waals surface area contributed by atoms with Crippen molar-refractivity contribution in [3.8, 4) is 0 Å². The zero-order valence-electron chi connectivity index (χ0n) is 15.3. The fraction of sp³-hybridized carbons (Fsp3) is 0.588. The molecule has 1 saturated heterocycles. The molecule has 146 valence electrons. The first-order valence-corrected chi connectivity index (χ1v) is 11.4. The summed E-state index contributed by atoms with van der Waals surface area (Å²) in [6.45, 7) is 6.97. The highest BCUT2D eigenvalue weighted by molar-refractivity contribution is 9.10. The topological polar surface area (TPSA) is 85.8 Å². The van der Waals surface area contributed by atoms with Gasteiger partial charge in [-0.15, -0.1) is 0 Å². The van der Waals surface area contributed by atoms with Crippen molar-refractivity contribution in [2.75, 3.05) is 43.4 Å². The molecule has 0 aliphatic carbocycles. The number of hydrogen-bond donors (Lipinski definition) is 3.